The molecule has 4 aromatic rings. The van der Waals surface area contributed by atoms with Gasteiger partial charge < -0.3 is 0 Å². The minimum atomic E-state index is -3.05. The molecule has 0 bridgehead atoms. The number of nitrogens with zero attached hydrogens (tertiary/aromatic N) is 5. The quantitative estimate of drug-likeness (QED) is 0.128. The Labute approximate surface area is 229 Å². The first-order chi connectivity index (χ1) is 18.5. The van der Waals surface area contributed by atoms with Crippen LogP contribution in [0.1, 0.15) is 64.9 Å². The zero-order chi connectivity index (χ0) is 27.0. The molecule has 0 N–H and O–H groups in total. The van der Waals surface area contributed by atoms with Gasteiger partial charge >= 0.3 is 230 Å². The first kappa shape index (κ1) is 28.7. The number of rotatable bonds is 15. The molecule has 38 heavy (non-hydrogen) atoms. The van der Waals surface area contributed by atoms with Gasteiger partial charge in [0.25, 0.3) is 0 Å². The van der Waals surface area contributed by atoms with Crippen molar-refractivity contribution >= 4 is 33.0 Å². The molecule has 1 aromatic carbocycles. The van der Waals surface area contributed by atoms with Crippen LogP contribution in [0.4, 0.5) is 8.78 Å². The number of unbranched alkanes of at least 4 members (excludes halogenated alkanes) is 3. The number of fused-ring (bicyclic) bond motifs is 1. The Morgan fingerprint density at radius 3 is 2.21 bits per heavy atom. The Morgan fingerprint density at radius 1 is 0.895 bits per heavy atom. The second-order valence-electron chi connectivity index (χ2n) is 10.5. The van der Waals surface area contributed by atoms with E-state index in [4.69, 9.17) is 4.98 Å². The standard InChI is InChI=1S/C18H14F2N5.3C4H9.Sn/c19-3-5-25-17-2-1-15(20)8-16(17)23-18(25)14-7-13(9-22-10-14)11-24-6-4-21-12-24;3*1-3-4-2;/h2,4,6-10,12H,3,5,11H2;3*1,3-4H2,2H3;. The number of benzene rings is 1. The van der Waals surface area contributed by atoms with Crippen LogP contribution in [0.15, 0.2) is 49.3 Å². The van der Waals surface area contributed by atoms with E-state index >= 15 is 4.39 Å². The van der Waals surface area contributed by atoms with Crippen LogP contribution in [0.2, 0.25) is 13.3 Å². The van der Waals surface area contributed by atoms with Crippen molar-refractivity contribution in [3.8, 4) is 11.4 Å². The predicted molar refractivity (Wildman–Crippen MR) is 155 cm³/mol. The molecule has 3 aromatic heterocycles. The molecule has 0 saturated carbocycles. The van der Waals surface area contributed by atoms with E-state index in [0.717, 1.165) is 58.7 Å². The Balaban J connectivity index is 1.83. The number of pyridine rings is 1. The van der Waals surface area contributed by atoms with Crippen LogP contribution >= 0.6 is 0 Å². The molecule has 0 radical (unpaired) electrons. The van der Waals surface area contributed by atoms with Crippen molar-refractivity contribution in [3.05, 3.63) is 60.7 Å². The third-order valence-electron chi connectivity index (χ3n) is 7.72. The Bertz CT molecular complexity index is 1280. The Kier molecular flexibility index (Phi) is 10.3. The normalized spacial score (nSPS) is 12.0. The maximum absolute atomic E-state index is 16.0. The molecule has 0 fully saturated rings. The van der Waals surface area contributed by atoms with Crippen LogP contribution in [-0.4, -0.2) is 49.1 Å². The van der Waals surface area contributed by atoms with Crippen molar-refractivity contribution in [2.75, 3.05) is 6.67 Å². The number of hydrogen-bond donors (Lipinski definition) is 0. The fraction of sp³-hybridized carbons (Fsp3) is 0.500. The summed E-state index contributed by atoms with van der Waals surface area (Å²) in [6.45, 7) is 6.99. The van der Waals surface area contributed by atoms with Gasteiger partial charge in [0.2, 0.25) is 0 Å². The summed E-state index contributed by atoms with van der Waals surface area (Å²) in [5, 5.41) is 0. The predicted octanol–water partition coefficient (Wildman–Crippen LogP) is 7.51. The first-order valence-corrected chi connectivity index (χ1v) is 21.7. The van der Waals surface area contributed by atoms with Crippen LogP contribution in [-0.2, 0) is 13.1 Å². The van der Waals surface area contributed by atoms with Crippen molar-refractivity contribution < 1.29 is 8.78 Å². The molecule has 0 spiro atoms. The van der Waals surface area contributed by atoms with E-state index in [1.807, 2.05) is 27.6 Å². The van der Waals surface area contributed by atoms with E-state index in [1.165, 1.54) is 13.3 Å². The van der Waals surface area contributed by atoms with Gasteiger partial charge in [-0.15, -0.1) is 0 Å². The summed E-state index contributed by atoms with van der Waals surface area (Å²) in [5.74, 6) is 0.547. The van der Waals surface area contributed by atoms with Crippen molar-refractivity contribution in [1.29, 1.82) is 0 Å². The van der Waals surface area contributed by atoms with Gasteiger partial charge in [0.15, 0.2) is 0 Å². The van der Waals surface area contributed by atoms with Crippen LogP contribution in [0.3, 0.4) is 0 Å². The molecule has 0 atom stereocenters. The molecule has 204 valence electrons. The second-order valence-corrected chi connectivity index (χ2v) is 23.6. The van der Waals surface area contributed by atoms with Gasteiger partial charge in [-0.05, 0) is 0 Å². The fourth-order valence-electron chi connectivity index (χ4n) is 5.70. The molecule has 0 aliphatic rings. The van der Waals surface area contributed by atoms with Crippen LogP contribution in [0.5, 0.6) is 0 Å². The average Bonchev–Trinajstić information content (AvgIpc) is 3.56. The van der Waals surface area contributed by atoms with Crippen molar-refractivity contribution in [2.45, 2.75) is 85.7 Å². The van der Waals surface area contributed by atoms with Crippen molar-refractivity contribution in [1.82, 2.24) is 24.1 Å². The molecule has 3 heterocycles. The van der Waals surface area contributed by atoms with Crippen LogP contribution in [0.25, 0.3) is 22.4 Å². The van der Waals surface area contributed by atoms with Crippen LogP contribution < -0.4 is 3.58 Å². The number of halogens is 2. The monoisotopic (exact) mass is 629 g/mol. The van der Waals surface area contributed by atoms with Gasteiger partial charge in [0, 0.05) is 0 Å². The fourth-order valence-corrected chi connectivity index (χ4v) is 21.9. The van der Waals surface area contributed by atoms with Crippen LogP contribution in [0, 0.1) is 5.82 Å². The molecule has 4 rings (SSSR count). The molecule has 0 amide bonds. The van der Waals surface area contributed by atoms with E-state index in [0.29, 0.717) is 17.9 Å². The number of alkyl halides is 1. The summed E-state index contributed by atoms with van der Waals surface area (Å²) in [4.78, 5) is 13.4. The second kappa shape index (κ2) is 13.7. The van der Waals surface area contributed by atoms with Gasteiger partial charge in [0.05, 0.1) is 0 Å². The van der Waals surface area contributed by atoms with Gasteiger partial charge in [-0.3, -0.25) is 0 Å². The molecule has 0 saturated heterocycles. The number of aromatic nitrogens is 5. The third-order valence-corrected chi connectivity index (χ3v) is 23.3. The summed E-state index contributed by atoms with van der Waals surface area (Å²) in [6.07, 6.45) is 15.9. The van der Waals surface area contributed by atoms with Crippen molar-refractivity contribution in [2.24, 2.45) is 0 Å². The maximum atomic E-state index is 16.0. The minimum absolute atomic E-state index is 0.0972. The Hall–Kier alpha value is -2.29. The summed E-state index contributed by atoms with van der Waals surface area (Å²) < 4.78 is 38.3. The van der Waals surface area contributed by atoms with Gasteiger partial charge in [0.1, 0.15) is 0 Å². The first-order valence-electron chi connectivity index (χ1n) is 14.2. The number of aryl methyl sites for hydroxylation is 1. The number of hydrogen-bond acceptors (Lipinski definition) is 3. The zero-order valence-electron chi connectivity index (χ0n) is 23.1. The SMILES string of the molecule is CCC[CH2][Sn]([CH2]CCC)([CH2]CCC)[c]1cc2c(cc1F)nc(-c1cncc(Cn3ccnc3)c1)n2CCF. The molecule has 0 unspecified atom stereocenters. The zero-order valence-corrected chi connectivity index (χ0v) is 26.0. The van der Waals surface area contributed by atoms with E-state index < -0.39 is 25.1 Å². The molecule has 8 heteroatoms. The molecule has 5 nitrogen and oxygen atoms in total. The average molecular weight is 628 g/mol. The van der Waals surface area contributed by atoms with E-state index in [9.17, 15) is 4.39 Å². The number of imidazole rings is 2. The summed E-state index contributed by atoms with van der Waals surface area (Å²) >= 11 is -3.05. The third kappa shape index (κ3) is 6.46. The van der Waals surface area contributed by atoms with E-state index in [2.05, 4.69) is 36.8 Å². The van der Waals surface area contributed by atoms with Gasteiger partial charge in [-0.2, -0.15) is 0 Å². The topological polar surface area (TPSA) is 48.5 Å². The summed E-state index contributed by atoms with van der Waals surface area (Å²) in [7, 11) is 0. The van der Waals surface area contributed by atoms with E-state index in [-0.39, 0.29) is 12.4 Å². The molecule has 0 aliphatic carbocycles. The summed E-state index contributed by atoms with van der Waals surface area (Å²) in [5.41, 5.74) is 3.25. The molecular formula is C30H41F2N5Sn. The van der Waals surface area contributed by atoms with Crippen molar-refractivity contribution in [3.63, 3.8) is 0 Å². The molecular weight excluding hydrogens is 587 g/mol. The Morgan fingerprint density at radius 2 is 1.61 bits per heavy atom. The van der Waals surface area contributed by atoms with E-state index in [1.54, 1.807) is 24.8 Å². The van der Waals surface area contributed by atoms with Gasteiger partial charge in [-0.25, -0.2) is 0 Å². The molecule has 0 aliphatic heterocycles. The summed E-state index contributed by atoms with van der Waals surface area (Å²) in [6, 6.07) is 5.74. The van der Waals surface area contributed by atoms with Gasteiger partial charge in [-0.1, -0.05) is 0 Å².